The van der Waals surface area contributed by atoms with Crippen LogP contribution in [0.3, 0.4) is 0 Å². The lowest BCUT2D eigenvalue weighted by molar-refractivity contribution is 0.102. The van der Waals surface area contributed by atoms with Crippen LogP contribution in [0.25, 0.3) is 0 Å². The third-order valence-electron chi connectivity index (χ3n) is 2.44. The molecule has 0 saturated heterocycles. The van der Waals surface area contributed by atoms with E-state index in [1.54, 1.807) is 12.1 Å². The number of benzene rings is 2. The number of nitrogens with two attached hydrogens (primary N) is 1. The lowest BCUT2D eigenvalue weighted by Gasteiger charge is -2.08. The van der Waals surface area contributed by atoms with Gasteiger partial charge in [0.05, 0.1) is 16.4 Å². The van der Waals surface area contributed by atoms with Crippen LogP contribution in [0.4, 0.5) is 15.8 Å². The van der Waals surface area contributed by atoms with Gasteiger partial charge in [0.15, 0.2) is 0 Å². The minimum atomic E-state index is -0.568. The Morgan fingerprint density at radius 1 is 1.16 bits per heavy atom. The van der Waals surface area contributed by atoms with E-state index in [1.165, 1.54) is 18.2 Å². The Morgan fingerprint density at radius 3 is 2.53 bits per heavy atom. The van der Waals surface area contributed by atoms with Crippen molar-refractivity contribution in [3.05, 3.63) is 57.8 Å². The summed E-state index contributed by atoms with van der Waals surface area (Å²) in [5.74, 6) is -1.00. The lowest BCUT2D eigenvalue weighted by Crippen LogP contribution is -2.12. The number of hydrogen-bond acceptors (Lipinski definition) is 2. The van der Waals surface area contributed by atoms with Gasteiger partial charge in [-0.05, 0) is 36.4 Å². The minimum Gasteiger partial charge on any atom is -0.396 e. The van der Waals surface area contributed by atoms with Crippen LogP contribution < -0.4 is 11.1 Å². The Balaban J connectivity index is 2.23. The van der Waals surface area contributed by atoms with Crippen molar-refractivity contribution in [2.75, 3.05) is 11.1 Å². The van der Waals surface area contributed by atoms with E-state index in [4.69, 9.17) is 28.9 Å². The van der Waals surface area contributed by atoms with E-state index in [1.807, 2.05) is 0 Å². The first kappa shape index (κ1) is 13.6. The highest BCUT2D eigenvalue weighted by Gasteiger charge is 2.10. The molecule has 0 aliphatic carbocycles. The van der Waals surface area contributed by atoms with Gasteiger partial charge in [-0.1, -0.05) is 23.2 Å². The fourth-order valence-electron chi connectivity index (χ4n) is 1.47. The number of nitrogens with one attached hydrogen (secondary N) is 1. The summed E-state index contributed by atoms with van der Waals surface area (Å²) >= 11 is 11.7. The van der Waals surface area contributed by atoms with Gasteiger partial charge >= 0.3 is 0 Å². The van der Waals surface area contributed by atoms with Crippen molar-refractivity contribution in [3.63, 3.8) is 0 Å². The van der Waals surface area contributed by atoms with Crippen LogP contribution in [0.1, 0.15) is 10.4 Å². The maximum Gasteiger partial charge on any atom is 0.255 e. The van der Waals surface area contributed by atoms with Gasteiger partial charge in [0.25, 0.3) is 5.91 Å². The molecule has 0 heterocycles. The normalized spacial score (nSPS) is 10.3. The SMILES string of the molecule is Nc1cc(C(=O)Nc2ccc(Cl)cc2Cl)ccc1F. The second kappa shape index (κ2) is 5.47. The van der Waals surface area contributed by atoms with Crippen molar-refractivity contribution in [2.45, 2.75) is 0 Å². The molecule has 0 aromatic heterocycles. The van der Waals surface area contributed by atoms with E-state index in [-0.39, 0.29) is 11.3 Å². The van der Waals surface area contributed by atoms with Crippen molar-refractivity contribution in [1.82, 2.24) is 0 Å². The van der Waals surface area contributed by atoms with Gasteiger partial charge in [-0.25, -0.2) is 4.39 Å². The summed E-state index contributed by atoms with van der Waals surface area (Å²) in [5, 5.41) is 3.38. The zero-order valence-corrected chi connectivity index (χ0v) is 11.1. The third-order valence-corrected chi connectivity index (χ3v) is 2.99. The number of anilines is 2. The van der Waals surface area contributed by atoms with Crippen LogP contribution in [0, 0.1) is 5.82 Å². The molecule has 0 spiro atoms. The number of halogens is 3. The Labute approximate surface area is 119 Å². The first-order valence-corrected chi connectivity index (χ1v) is 6.04. The number of rotatable bonds is 2. The largest absolute Gasteiger partial charge is 0.396 e. The number of carbonyl (C=O) groups excluding carboxylic acids is 1. The fraction of sp³-hybridized carbons (Fsp3) is 0. The van der Waals surface area contributed by atoms with Crippen LogP contribution in [0.15, 0.2) is 36.4 Å². The van der Waals surface area contributed by atoms with Crippen molar-refractivity contribution in [3.8, 4) is 0 Å². The lowest BCUT2D eigenvalue weighted by atomic mass is 10.2. The van der Waals surface area contributed by atoms with Crippen LogP contribution in [0.2, 0.25) is 10.0 Å². The van der Waals surface area contributed by atoms with E-state index in [9.17, 15) is 9.18 Å². The zero-order chi connectivity index (χ0) is 14.0. The summed E-state index contributed by atoms with van der Waals surface area (Å²) in [4.78, 5) is 11.9. The summed E-state index contributed by atoms with van der Waals surface area (Å²) in [6.45, 7) is 0. The van der Waals surface area contributed by atoms with E-state index >= 15 is 0 Å². The van der Waals surface area contributed by atoms with Crippen LogP contribution in [-0.2, 0) is 0 Å². The molecule has 0 saturated carbocycles. The molecule has 0 fully saturated rings. The first-order valence-electron chi connectivity index (χ1n) is 5.29. The van der Waals surface area contributed by atoms with E-state index in [0.717, 1.165) is 6.07 Å². The molecular formula is C13H9Cl2FN2O. The molecule has 0 aliphatic rings. The van der Waals surface area contributed by atoms with E-state index in [2.05, 4.69) is 5.32 Å². The molecule has 6 heteroatoms. The van der Waals surface area contributed by atoms with Gasteiger partial charge in [-0.3, -0.25) is 4.79 Å². The molecule has 2 aromatic rings. The average molecular weight is 299 g/mol. The molecule has 0 bridgehead atoms. The maximum atomic E-state index is 13.0. The summed E-state index contributed by atoms with van der Waals surface area (Å²) in [6, 6.07) is 8.42. The highest BCUT2D eigenvalue weighted by molar-refractivity contribution is 6.36. The second-order valence-corrected chi connectivity index (χ2v) is 4.66. The summed E-state index contributed by atoms with van der Waals surface area (Å²) in [6.07, 6.45) is 0. The zero-order valence-electron chi connectivity index (χ0n) is 9.58. The van der Waals surface area contributed by atoms with E-state index < -0.39 is 11.7 Å². The molecule has 0 aliphatic heterocycles. The van der Waals surface area contributed by atoms with Gasteiger partial charge in [-0.15, -0.1) is 0 Å². The van der Waals surface area contributed by atoms with Crippen molar-refractivity contribution in [2.24, 2.45) is 0 Å². The summed E-state index contributed by atoms with van der Waals surface area (Å²) < 4.78 is 13.0. The van der Waals surface area contributed by atoms with Crippen molar-refractivity contribution >= 4 is 40.5 Å². The van der Waals surface area contributed by atoms with Crippen LogP contribution in [0.5, 0.6) is 0 Å². The summed E-state index contributed by atoms with van der Waals surface area (Å²) in [5.41, 5.74) is 5.97. The van der Waals surface area contributed by atoms with Gasteiger partial charge < -0.3 is 11.1 Å². The topological polar surface area (TPSA) is 55.1 Å². The highest BCUT2D eigenvalue weighted by atomic mass is 35.5. The molecule has 0 radical (unpaired) electrons. The number of nitrogen functional groups attached to an aromatic ring is 1. The highest BCUT2D eigenvalue weighted by Crippen LogP contribution is 2.26. The molecule has 2 rings (SSSR count). The van der Waals surface area contributed by atoms with Crippen molar-refractivity contribution < 1.29 is 9.18 Å². The Kier molecular flexibility index (Phi) is 3.93. The number of carbonyl (C=O) groups is 1. The Bertz CT molecular complexity index is 647. The van der Waals surface area contributed by atoms with Crippen LogP contribution in [-0.4, -0.2) is 5.91 Å². The molecule has 3 nitrogen and oxygen atoms in total. The molecule has 98 valence electrons. The quantitative estimate of drug-likeness (QED) is 0.824. The average Bonchev–Trinajstić information content (AvgIpc) is 2.36. The van der Waals surface area contributed by atoms with E-state index in [0.29, 0.717) is 15.7 Å². The maximum absolute atomic E-state index is 13.0. The molecule has 0 atom stereocenters. The predicted octanol–water partition coefficient (Wildman–Crippen LogP) is 3.97. The minimum absolute atomic E-state index is 0.0881. The monoisotopic (exact) mass is 298 g/mol. The molecule has 19 heavy (non-hydrogen) atoms. The molecule has 0 unspecified atom stereocenters. The Morgan fingerprint density at radius 2 is 1.89 bits per heavy atom. The second-order valence-electron chi connectivity index (χ2n) is 3.81. The number of amides is 1. The fourth-order valence-corrected chi connectivity index (χ4v) is 1.93. The van der Waals surface area contributed by atoms with Gasteiger partial charge in [0, 0.05) is 10.6 Å². The van der Waals surface area contributed by atoms with Gasteiger partial charge in [-0.2, -0.15) is 0 Å². The Hall–Kier alpha value is -1.78. The summed E-state index contributed by atoms with van der Waals surface area (Å²) in [7, 11) is 0. The first-order chi connectivity index (χ1) is 8.97. The predicted molar refractivity (Wildman–Crippen MR) is 75.2 cm³/mol. The van der Waals surface area contributed by atoms with Crippen molar-refractivity contribution in [1.29, 1.82) is 0 Å². The number of hydrogen-bond donors (Lipinski definition) is 2. The van der Waals surface area contributed by atoms with Gasteiger partial charge in [0.2, 0.25) is 0 Å². The molecule has 3 N–H and O–H groups in total. The molecular weight excluding hydrogens is 290 g/mol. The van der Waals surface area contributed by atoms with Gasteiger partial charge in [0.1, 0.15) is 5.82 Å². The molecule has 1 amide bonds. The van der Waals surface area contributed by atoms with Crippen LogP contribution >= 0.6 is 23.2 Å². The standard InChI is InChI=1S/C13H9Cl2FN2O/c14-8-2-4-12(9(15)6-8)18-13(19)7-1-3-10(16)11(17)5-7/h1-6H,17H2,(H,18,19). The smallest absolute Gasteiger partial charge is 0.255 e. The third kappa shape index (κ3) is 3.16. The molecule has 2 aromatic carbocycles.